The third-order valence-electron chi connectivity index (χ3n) is 7.30. The Kier molecular flexibility index (Phi) is 12.2. The van der Waals surface area contributed by atoms with Crippen molar-refractivity contribution in [3.8, 4) is 0 Å². The van der Waals surface area contributed by atoms with Crippen molar-refractivity contribution in [3.05, 3.63) is 102 Å². The number of hydrogen-bond donors (Lipinski definition) is 5. The normalized spacial score (nSPS) is 14.4. The van der Waals surface area contributed by atoms with Gasteiger partial charge in [-0.1, -0.05) is 81.4 Å². The third-order valence-corrected chi connectivity index (χ3v) is 8.23. The molecule has 0 fully saturated rings. The Morgan fingerprint density at radius 2 is 1.36 bits per heavy atom. The number of nitrogens with one attached hydrogen (secondary N) is 3. The summed E-state index contributed by atoms with van der Waals surface area (Å²) in [7, 11) is -2.71. The zero-order chi connectivity index (χ0) is 33.2. The van der Waals surface area contributed by atoms with E-state index in [4.69, 9.17) is 9.88 Å². The van der Waals surface area contributed by atoms with E-state index in [9.17, 15) is 27.9 Å². The minimum atomic E-state index is -3.92. The van der Waals surface area contributed by atoms with Crippen molar-refractivity contribution < 1.29 is 32.6 Å². The molecule has 0 aromatic heterocycles. The number of benzene rings is 3. The van der Waals surface area contributed by atoms with E-state index >= 15 is 0 Å². The van der Waals surface area contributed by atoms with Crippen LogP contribution in [0.5, 0.6) is 0 Å². The molecule has 0 aliphatic rings. The fourth-order valence-electron chi connectivity index (χ4n) is 4.88. The number of aliphatic hydroxyl groups is 1. The van der Waals surface area contributed by atoms with Crippen LogP contribution in [-0.2, 0) is 32.4 Å². The monoisotopic (exact) mass is 638 g/mol. The summed E-state index contributed by atoms with van der Waals surface area (Å²) in [5.74, 6) is -0.964. The highest BCUT2D eigenvalue weighted by atomic mass is 32.2. The first-order valence-electron chi connectivity index (χ1n) is 14.5. The first-order chi connectivity index (χ1) is 21.2. The van der Waals surface area contributed by atoms with Gasteiger partial charge in [0.05, 0.1) is 24.2 Å². The van der Waals surface area contributed by atoms with Gasteiger partial charge in [-0.3, -0.25) is 9.59 Å². The number of sulfonamides is 1. The number of methoxy groups -OCH3 is 1. The Balaban J connectivity index is 1.88. The van der Waals surface area contributed by atoms with Gasteiger partial charge in [-0.2, -0.15) is 0 Å². The van der Waals surface area contributed by atoms with Crippen LogP contribution in [0, 0.1) is 5.41 Å². The zero-order valence-electron chi connectivity index (χ0n) is 25.9. The number of primary sulfonamides is 1. The molecule has 0 bridgehead atoms. The molecule has 0 unspecified atom stereocenters. The molecule has 0 spiro atoms. The quantitative estimate of drug-likeness (QED) is 0.191. The Hall–Kier alpha value is -4.26. The van der Waals surface area contributed by atoms with E-state index in [2.05, 4.69) is 16.0 Å². The summed E-state index contributed by atoms with van der Waals surface area (Å²) >= 11 is 0. The van der Waals surface area contributed by atoms with E-state index in [0.29, 0.717) is 6.42 Å². The predicted molar refractivity (Wildman–Crippen MR) is 171 cm³/mol. The van der Waals surface area contributed by atoms with Gasteiger partial charge in [-0.05, 0) is 60.1 Å². The smallest absolute Gasteiger partial charge is 0.407 e. The number of carbonyl (C=O) groups excluding carboxylic acids is 3. The first-order valence-corrected chi connectivity index (χ1v) is 16.1. The number of aliphatic hydroxyl groups excluding tert-OH is 1. The van der Waals surface area contributed by atoms with Crippen molar-refractivity contribution in [2.75, 3.05) is 7.11 Å². The van der Waals surface area contributed by atoms with Gasteiger partial charge in [0.1, 0.15) is 6.04 Å². The second-order valence-electron chi connectivity index (χ2n) is 12.0. The van der Waals surface area contributed by atoms with E-state index < -0.39 is 57.6 Å². The molecule has 6 N–H and O–H groups in total. The molecule has 242 valence electrons. The fraction of sp³-hybridized carbons (Fsp3) is 0.364. The highest BCUT2D eigenvalue weighted by Crippen LogP contribution is 2.21. The van der Waals surface area contributed by atoms with Crippen LogP contribution in [0.3, 0.4) is 0 Å². The van der Waals surface area contributed by atoms with Gasteiger partial charge >= 0.3 is 6.09 Å². The topological polar surface area (TPSA) is 177 Å². The van der Waals surface area contributed by atoms with Gasteiger partial charge in [0.25, 0.3) is 5.91 Å². The van der Waals surface area contributed by atoms with Crippen molar-refractivity contribution in [2.45, 2.75) is 69.2 Å². The van der Waals surface area contributed by atoms with Crippen LogP contribution in [0.15, 0.2) is 89.8 Å². The average Bonchev–Trinajstić information content (AvgIpc) is 2.99. The highest BCUT2D eigenvalue weighted by Gasteiger charge is 2.36. The van der Waals surface area contributed by atoms with Crippen LogP contribution < -0.4 is 21.1 Å². The van der Waals surface area contributed by atoms with Crippen LogP contribution in [0.4, 0.5) is 4.79 Å². The van der Waals surface area contributed by atoms with Crippen molar-refractivity contribution in [2.24, 2.45) is 10.6 Å². The van der Waals surface area contributed by atoms with Crippen molar-refractivity contribution in [3.63, 3.8) is 0 Å². The maximum atomic E-state index is 13.6. The Labute approximate surface area is 264 Å². The summed E-state index contributed by atoms with van der Waals surface area (Å²) in [5.41, 5.74) is 1.32. The Morgan fingerprint density at radius 1 is 0.822 bits per heavy atom. The Bertz CT molecular complexity index is 1530. The molecular formula is C33H42N4O7S. The molecule has 12 heteroatoms. The van der Waals surface area contributed by atoms with Crippen LogP contribution in [0.1, 0.15) is 48.7 Å². The molecule has 45 heavy (non-hydrogen) atoms. The highest BCUT2D eigenvalue weighted by molar-refractivity contribution is 7.89. The summed E-state index contributed by atoms with van der Waals surface area (Å²) in [5, 5.41) is 25.3. The van der Waals surface area contributed by atoms with E-state index in [1.165, 1.54) is 31.4 Å². The Morgan fingerprint density at radius 3 is 1.84 bits per heavy atom. The van der Waals surface area contributed by atoms with E-state index in [-0.39, 0.29) is 23.3 Å². The molecule has 3 rings (SSSR count). The molecule has 0 aliphatic heterocycles. The van der Waals surface area contributed by atoms with Crippen molar-refractivity contribution in [1.29, 1.82) is 0 Å². The average molecular weight is 639 g/mol. The van der Waals surface area contributed by atoms with Crippen molar-refractivity contribution >= 4 is 27.9 Å². The zero-order valence-corrected chi connectivity index (χ0v) is 26.7. The standard InChI is InChI=1S/C33H42N4O7S/c1-33(2,3)29(37-32(41)44-4)31(40)36-27(20-23-13-9-6-10-14-23)28(38)21-25(19-22-11-7-5-8-12-22)35-30(39)24-15-17-26(18-16-24)45(34,42)43/h5-18,25,27-29,38H,19-21H2,1-4H3,(H,35,39)(H,36,40)(H,37,41)(H2,34,42,43)/t25-,27-,28-,29-/m0/s1. The van der Waals surface area contributed by atoms with Gasteiger partial charge < -0.3 is 25.8 Å². The lowest BCUT2D eigenvalue weighted by Gasteiger charge is -2.33. The second-order valence-corrected chi connectivity index (χ2v) is 13.5. The van der Waals surface area contributed by atoms with Gasteiger partial charge in [0.2, 0.25) is 15.9 Å². The molecule has 0 radical (unpaired) electrons. The van der Waals surface area contributed by atoms with E-state index in [1.54, 1.807) is 20.8 Å². The summed E-state index contributed by atoms with van der Waals surface area (Å²) in [4.78, 5) is 38.8. The minimum absolute atomic E-state index is 0.0678. The molecule has 3 aromatic carbocycles. The maximum absolute atomic E-state index is 13.6. The van der Waals surface area contributed by atoms with Crippen LogP contribution >= 0.6 is 0 Å². The number of rotatable bonds is 13. The van der Waals surface area contributed by atoms with Crippen LogP contribution in [0.2, 0.25) is 0 Å². The molecule has 0 heterocycles. The first kappa shape index (κ1) is 35.2. The number of alkyl carbamates (subject to hydrolysis) is 1. The minimum Gasteiger partial charge on any atom is -0.453 e. The summed E-state index contributed by atoms with van der Waals surface area (Å²) in [6, 6.07) is 21.7. The molecule has 11 nitrogen and oxygen atoms in total. The van der Waals surface area contributed by atoms with E-state index in [1.807, 2.05) is 60.7 Å². The van der Waals surface area contributed by atoms with Crippen LogP contribution in [0.25, 0.3) is 0 Å². The molecule has 0 saturated heterocycles. The molecule has 0 aliphatic carbocycles. The molecule has 3 aromatic rings. The maximum Gasteiger partial charge on any atom is 0.407 e. The molecule has 0 saturated carbocycles. The molecule has 4 atom stereocenters. The third kappa shape index (κ3) is 11.0. The lowest BCUT2D eigenvalue weighted by atomic mass is 9.85. The number of carbonyl (C=O) groups is 3. The van der Waals surface area contributed by atoms with Gasteiger partial charge in [-0.15, -0.1) is 0 Å². The fourth-order valence-corrected chi connectivity index (χ4v) is 5.40. The van der Waals surface area contributed by atoms with Gasteiger partial charge in [-0.25, -0.2) is 18.4 Å². The number of hydrogen-bond acceptors (Lipinski definition) is 7. The second kappa shape index (κ2) is 15.6. The number of amides is 3. The lowest BCUT2D eigenvalue weighted by Crippen LogP contribution is -2.58. The summed E-state index contributed by atoms with van der Waals surface area (Å²) in [6.45, 7) is 5.41. The predicted octanol–water partition coefficient (Wildman–Crippen LogP) is 2.92. The van der Waals surface area contributed by atoms with Gasteiger partial charge in [0, 0.05) is 11.6 Å². The summed E-state index contributed by atoms with van der Waals surface area (Å²) < 4.78 is 28.0. The number of nitrogens with two attached hydrogens (primary N) is 1. The van der Waals surface area contributed by atoms with Gasteiger partial charge in [0.15, 0.2) is 0 Å². The number of ether oxygens (including phenoxy) is 1. The van der Waals surface area contributed by atoms with Crippen LogP contribution in [-0.4, -0.2) is 62.8 Å². The lowest BCUT2D eigenvalue weighted by molar-refractivity contribution is -0.127. The molecule has 3 amide bonds. The van der Waals surface area contributed by atoms with E-state index in [0.717, 1.165) is 11.1 Å². The van der Waals surface area contributed by atoms with Crippen molar-refractivity contribution in [1.82, 2.24) is 16.0 Å². The largest absolute Gasteiger partial charge is 0.453 e. The SMILES string of the molecule is COC(=O)N[C@@H](C(=O)N[C@@H](Cc1ccccc1)[C@@H](O)C[C@H](Cc1ccccc1)NC(=O)c1ccc(S(N)(=O)=O)cc1)C(C)(C)C. The molecular weight excluding hydrogens is 596 g/mol. The summed E-state index contributed by atoms with van der Waals surface area (Å²) in [6.07, 6.45) is -1.15.